The first-order chi connectivity index (χ1) is 9.25. The Bertz CT molecular complexity index is 402. The van der Waals surface area contributed by atoms with Crippen LogP contribution in [0, 0.1) is 5.92 Å². The van der Waals surface area contributed by atoms with Gasteiger partial charge in [0.2, 0.25) is 0 Å². The lowest BCUT2D eigenvalue weighted by Gasteiger charge is -2.37. The molecule has 1 aliphatic carbocycles. The molecule has 1 aliphatic rings. The highest BCUT2D eigenvalue weighted by Crippen LogP contribution is 2.32. The van der Waals surface area contributed by atoms with E-state index in [0.29, 0.717) is 18.6 Å². The minimum atomic E-state index is -1.17. The number of carbonyl (C=O) groups is 2. The molecule has 0 aromatic heterocycles. The Labute approximate surface area is 122 Å². The van der Waals surface area contributed by atoms with Crippen molar-refractivity contribution in [2.24, 2.45) is 5.92 Å². The van der Waals surface area contributed by atoms with E-state index in [1.807, 2.05) is 6.92 Å². The maximum atomic E-state index is 11.9. The molecule has 7 heteroatoms. The van der Waals surface area contributed by atoms with Crippen molar-refractivity contribution in [3.05, 3.63) is 0 Å². The van der Waals surface area contributed by atoms with Gasteiger partial charge in [-0.2, -0.15) is 0 Å². The average molecular weight is 304 g/mol. The van der Waals surface area contributed by atoms with Gasteiger partial charge in [0.05, 0.1) is 0 Å². The quantitative estimate of drug-likeness (QED) is 0.708. The highest BCUT2D eigenvalue weighted by molar-refractivity contribution is 7.84. The van der Waals surface area contributed by atoms with Crippen LogP contribution in [0.3, 0.4) is 0 Å². The Morgan fingerprint density at radius 3 is 2.65 bits per heavy atom. The molecule has 0 heterocycles. The average Bonchev–Trinajstić information content (AvgIpc) is 2.26. The van der Waals surface area contributed by atoms with Gasteiger partial charge in [-0.05, 0) is 25.7 Å². The number of aliphatic carboxylic acids is 1. The molecule has 1 fully saturated rings. The van der Waals surface area contributed by atoms with E-state index in [2.05, 4.69) is 10.6 Å². The standard InChI is InChI=1S/C13H24N2O4S/c1-9-5-4-6-13(7-9,11(16)17)15-12(18)14-10(2)8-20(3)19/h9-10H,4-8H2,1-3H3,(H,16,17)(H2,14,15,18). The van der Waals surface area contributed by atoms with Crippen molar-refractivity contribution >= 4 is 22.8 Å². The Kier molecular flexibility index (Phi) is 5.98. The number of carboxylic acid groups (broad SMARTS) is 1. The van der Waals surface area contributed by atoms with E-state index in [0.717, 1.165) is 12.8 Å². The van der Waals surface area contributed by atoms with Crippen molar-refractivity contribution < 1.29 is 18.9 Å². The molecule has 116 valence electrons. The number of nitrogens with one attached hydrogen (secondary N) is 2. The highest BCUT2D eigenvalue weighted by Gasteiger charge is 2.43. The predicted molar refractivity (Wildman–Crippen MR) is 78.1 cm³/mol. The molecule has 1 rings (SSSR count). The summed E-state index contributed by atoms with van der Waals surface area (Å²) >= 11 is 0. The lowest BCUT2D eigenvalue weighted by Crippen LogP contribution is -2.60. The van der Waals surface area contributed by atoms with Gasteiger partial charge in [0.15, 0.2) is 0 Å². The van der Waals surface area contributed by atoms with Gasteiger partial charge in [-0.15, -0.1) is 0 Å². The molecule has 4 unspecified atom stereocenters. The molecule has 0 radical (unpaired) electrons. The van der Waals surface area contributed by atoms with E-state index in [9.17, 15) is 18.9 Å². The van der Waals surface area contributed by atoms with Crippen molar-refractivity contribution in [2.75, 3.05) is 12.0 Å². The Hall–Kier alpha value is -1.11. The Balaban J connectivity index is 2.64. The second-order valence-electron chi connectivity index (χ2n) is 5.83. The van der Waals surface area contributed by atoms with Crippen LogP contribution in [0.15, 0.2) is 0 Å². The molecule has 0 spiro atoms. The summed E-state index contributed by atoms with van der Waals surface area (Å²) in [4.78, 5) is 23.5. The third-order valence-electron chi connectivity index (χ3n) is 3.62. The Morgan fingerprint density at radius 2 is 2.15 bits per heavy atom. The van der Waals surface area contributed by atoms with Gasteiger partial charge in [0.25, 0.3) is 0 Å². The van der Waals surface area contributed by atoms with Gasteiger partial charge in [-0.1, -0.05) is 19.8 Å². The van der Waals surface area contributed by atoms with Crippen LogP contribution in [0.4, 0.5) is 4.79 Å². The van der Waals surface area contributed by atoms with E-state index in [1.165, 1.54) is 0 Å². The van der Waals surface area contributed by atoms with Crippen molar-refractivity contribution in [3.63, 3.8) is 0 Å². The van der Waals surface area contributed by atoms with Gasteiger partial charge in [0, 0.05) is 28.9 Å². The van der Waals surface area contributed by atoms with Gasteiger partial charge >= 0.3 is 12.0 Å². The van der Waals surface area contributed by atoms with Crippen molar-refractivity contribution in [3.8, 4) is 0 Å². The third-order valence-corrected chi connectivity index (χ3v) is 4.59. The van der Waals surface area contributed by atoms with E-state index >= 15 is 0 Å². The zero-order chi connectivity index (χ0) is 15.3. The minimum Gasteiger partial charge on any atom is -0.480 e. The summed E-state index contributed by atoms with van der Waals surface area (Å²) in [5.41, 5.74) is -1.17. The van der Waals surface area contributed by atoms with Gasteiger partial charge in [0.1, 0.15) is 5.54 Å². The molecule has 6 nitrogen and oxygen atoms in total. The highest BCUT2D eigenvalue weighted by atomic mass is 32.2. The normalized spacial score (nSPS) is 29.2. The van der Waals surface area contributed by atoms with Gasteiger partial charge in [-0.3, -0.25) is 4.21 Å². The molecule has 0 bridgehead atoms. The molecule has 0 aliphatic heterocycles. The summed E-state index contributed by atoms with van der Waals surface area (Å²) < 4.78 is 11.1. The van der Waals surface area contributed by atoms with Crippen LogP contribution >= 0.6 is 0 Å². The van der Waals surface area contributed by atoms with Crippen molar-refractivity contribution in [1.82, 2.24) is 10.6 Å². The zero-order valence-electron chi connectivity index (χ0n) is 12.3. The zero-order valence-corrected chi connectivity index (χ0v) is 13.1. The first kappa shape index (κ1) is 16.9. The summed E-state index contributed by atoms with van der Waals surface area (Å²) in [6.45, 7) is 3.75. The number of hydrogen-bond acceptors (Lipinski definition) is 3. The van der Waals surface area contributed by atoms with Crippen LogP contribution in [0.2, 0.25) is 0 Å². The molecule has 20 heavy (non-hydrogen) atoms. The summed E-state index contributed by atoms with van der Waals surface area (Å²) in [5, 5.41) is 14.7. The van der Waals surface area contributed by atoms with Crippen molar-refractivity contribution in [2.45, 2.75) is 51.1 Å². The number of amides is 2. The maximum Gasteiger partial charge on any atom is 0.329 e. The molecule has 3 N–H and O–H groups in total. The van der Waals surface area contributed by atoms with E-state index in [1.54, 1.807) is 13.2 Å². The minimum absolute atomic E-state index is 0.257. The lowest BCUT2D eigenvalue weighted by molar-refractivity contribution is -0.146. The molecule has 1 saturated carbocycles. The number of carboxylic acids is 1. The number of urea groups is 1. The first-order valence-electron chi connectivity index (χ1n) is 6.87. The van der Waals surface area contributed by atoms with E-state index in [4.69, 9.17) is 0 Å². The Morgan fingerprint density at radius 1 is 1.50 bits per heavy atom. The fraction of sp³-hybridized carbons (Fsp3) is 0.846. The van der Waals surface area contributed by atoms with Crippen LogP contribution in [-0.4, -0.2) is 44.9 Å². The fourth-order valence-electron chi connectivity index (χ4n) is 2.78. The largest absolute Gasteiger partial charge is 0.480 e. The van der Waals surface area contributed by atoms with Gasteiger partial charge < -0.3 is 15.7 Å². The summed E-state index contributed by atoms with van der Waals surface area (Å²) in [6, 6.07) is -0.757. The number of rotatable bonds is 5. The molecule has 0 saturated heterocycles. The lowest BCUT2D eigenvalue weighted by atomic mass is 9.76. The van der Waals surface area contributed by atoms with Gasteiger partial charge in [-0.25, -0.2) is 9.59 Å². The molecule has 0 aromatic carbocycles. The second-order valence-corrected chi connectivity index (χ2v) is 7.31. The van der Waals surface area contributed by atoms with Crippen LogP contribution in [0.1, 0.15) is 39.5 Å². The smallest absolute Gasteiger partial charge is 0.329 e. The van der Waals surface area contributed by atoms with Crippen LogP contribution in [0.25, 0.3) is 0 Å². The van der Waals surface area contributed by atoms with E-state index in [-0.39, 0.29) is 12.0 Å². The topological polar surface area (TPSA) is 95.5 Å². The van der Waals surface area contributed by atoms with Crippen molar-refractivity contribution in [1.29, 1.82) is 0 Å². The summed E-state index contributed by atoms with van der Waals surface area (Å²) in [5.74, 6) is -0.351. The molecular formula is C13H24N2O4S. The van der Waals surface area contributed by atoms with E-state index < -0.39 is 28.3 Å². The predicted octanol–water partition coefficient (Wildman–Crippen LogP) is 1.09. The SMILES string of the molecule is CC1CCCC(NC(=O)NC(C)CS(C)=O)(C(=O)O)C1. The van der Waals surface area contributed by atoms with Crippen LogP contribution in [0.5, 0.6) is 0 Å². The van der Waals surface area contributed by atoms with Crippen LogP contribution < -0.4 is 10.6 Å². The summed E-state index contributed by atoms with van der Waals surface area (Å²) in [6.07, 6.45) is 4.25. The monoisotopic (exact) mass is 304 g/mol. The maximum absolute atomic E-state index is 11.9. The van der Waals surface area contributed by atoms with Crippen LogP contribution in [-0.2, 0) is 15.6 Å². The molecular weight excluding hydrogens is 280 g/mol. The molecule has 0 aromatic rings. The number of hydrogen-bond donors (Lipinski definition) is 3. The third kappa shape index (κ3) is 4.77. The number of carbonyl (C=O) groups excluding carboxylic acids is 1. The summed E-state index contributed by atoms with van der Waals surface area (Å²) in [7, 11) is -1.00. The second kappa shape index (κ2) is 7.06. The fourth-order valence-corrected chi connectivity index (χ4v) is 3.57. The molecule has 4 atom stereocenters. The molecule has 2 amide bonds. The first-order valence-corrected chi connectivity index (χ1v) is 8.60.